The van der Waals surface area contributed by atoms with E-state index in [0.29, 0.717) is 31.1 Å². The van der Waals surface area contributed by atoms with Gasteiger partial charge in [-0.15, -0.1) is 0 Å². The molecule has 5 rings (SSSR count). The van der Waals surface area contributed by atoms with Crippen LogP contribution in [0.5, 0.6) is 17.2 Å². The highest BCUT2D eigenvalue weighted by atomic mass is 16.6. The Balaban J connectivity index is 1.57. The van der Waals surface area contributed by atoms with E-state index in [1.807, 2.05) is 17.9 Å². The van der Waals surface area contributed by atoms with E-state index >= 15 is 0 Å². The number of carbonyl (C=O) groups is 1. The minimum atomic E-state index is -0.521. The number of rotatable bonds is 3. The van der Waals surface area contributed by atoms with Crippen LogP contribution >= 0.6 is 0 Å². The number of nitrogens with zero attached hydrogens (tertiary/aromatic N) is 2. The largest absolute Gasteiger partial charge is 0.490 e. The highest BCUT2D eigenvalue weighted by Gasteiger charge is 2.46. The zero-order valence-electron chi connectivity index (χ0n) is 18.3. The lowest BCUT2D eigenvalue weighted by atomic mass is 9.71. The van der Waals surface area contributed by atoms with Crippen LogP contribution in [0, 0.1) is 10.1 Å². The number of fused-ring (bicyclic) bond motifs is 3. The third-order valence-corrected chi connectivity index (χ3v) is 7.12. The van der Waals surface area contributed by atoms with Gasteiger partial charge in [-0.25, -0.2) is 0 Å². The lowest BCUT2D eigenvalue weighted by molar-refractivity contribution is -0.385. The van der Waals surface area contributed by atoms with E-state index in [4.69, 9.17) is 14.2 Å². The average molecular weight is 438 g/mol. The fourth-order valence-corrected chi connectivity index (χ4v) is 5.48. The van der Waals surface area contributed by atoms with Crippen LogP contribution in [0.3, 0.4) is 0 Å². The number of carbonyl (C=O) groups excluding carboxylic acids is 1. The Morgan fingerprint density at radius 1 is 1.16 bits per heavy atom. The number of nitro groups is 1. The molecule has 3 aliphatic rings. The molecule has 1 fully saturated rings. The molecule has 0 unspecified atom stereocenters. The maximum absolute atomic E-state index is 13.6. The first-order valence-electron chi connectivity index (χ1n) is 11.0. The van der Waals surface area contributed by atoms with Crippen LogP contribution in [0.25, 0.3) is 0 Å². The smallest absolute Gasteiger partial charge is 0.311 e. The standard InChI is InChI=1S/C24H26N2O6/c1-15-17-12-21-22(32-10-9-31-21)13-18(17)24(7-3-4-8-24)14-25(15)23(27)16-5-6-20(30-2)19(11-16)26(28)29/h5-6,11-13,15H,3-4,7-10,14H2,1-2H3/t15-/m0/s1. The van der Waals surface area contributed by atoms with E-state index in [9.17, 15) is 14.9 Å². The van der Waals surface area contributed by atoms with Gasteiger partial charge in [-0.2, -0.15) is 0 Å². The Labute approximate surface area is 186 Å². The Kier molecular flexibility index (Phi) is 4.95. The summed E-state index contributed by atoms with van der Waals surface area (Å²) in [5, 5.41) is 11.5. The summed E-state index contributed by atoms with van der Waals surface area (Å²) in [5.41, 5.74) is 2.26. The number of nitro benzene ring substituents is 1. The molecule has 32 heavy (non-hydrogen) atoms. The van der Waals surface area contributed by atoms with Crippen molar-refractivity contribution in [2.75, 3.05) is 26.9 Å². The van der Waals surface area contributed by atoms with E-state index in [-0.39, 0.29) is 28.8 Å². The van der Waals surface area contributed by atoms with Crippen molar-refractivity contribution in [1.82, 2.24) is 4.90 Å². The van der Waals surface area contributed by atoms with Crippen LogP contribution in [-0.2, 0) is 5.41 Å². The lowest BCUT2D eigenvalue weighted by Crippen LogP contribution is -2.48. The normalized spacial score (nSPS) is 20.7. The number of ether oxygens (including phenoxy) is 3. The summed E-state index contributed by atoms with van der Waals surface area (Å²) in [6, 6.07) is 8.34. The Bertz CT molecular complexity index is 1090. The zero-order chi connectivity index (χ0) is 22.5. The molecule has 8 nitrogen and oxygen atoms in total. The molecule has 1 amide bonds. The Morgan fingerprint density at radius 2 is 1.84 bits per heavy atom. The summed E-state index contributed by atoms with van der Waals surface area (Å²) in [7, 11) is 1.38. The van der Waals surface area contributed by atoms with Gasteiger partial charge >= 0.3 is 5.69 Å². The third-order valence-electron chi connectivity index (χ3n) is 7.12. The van der Waals surface area contributed by atoms with Crippen molar-refractivity contribution in [3.63, 3.8) is 0 Å². The monoisotopic (exact) mass is 438 g/mol. The second-order valence-electron chi connectivity index (χ2n) is 8.82. The van der Waals surface area contributed by atoms with Gasteiger partial charge in [-0.1, -0.05) is 12.8 Å². The highest BCUT2D eigenvalue weighted by molar-refractivity contribution is 5.96. The summed E-state index contributed by atoms with van der Waals surface area (Å²) in [5.74, 6) is 1.41. The minimum Gasteiger partial charge on any atom is -0.490 e. The molecule has 0 saturated heterocycles. The number of hydrogen-bond acceptors (Lipinski definition) is 6. The molecule has 0 radical (unpaired) electrons. The highest BCUT2D eigenvalue weighted by Crippen LogP contribution is 2.52. The topological polar surface area (TPSA) is 91.1 Å². The molecule has 2 aliphatic heterocycles. The Hall–Kier alpha value is -3.29. The van der Waals surface area contributed by atoms with Crippen molar-refractivity contribution in [2.45, 2.75) is 44.1 Å². The fraction of sp³-hybridized carbons (Fsp3) is 0.458. The van der Waals surface area contributed by atoms with Crippen LogP contribution < -0.4 is 14.2 Å². The van der Waals surface area contributed by atoms with Crippen LogP contribution in [0.15, 0.2) is 30.3 Å². The lowest BCUT2D eigenvalue weighted by Gasteiger charge is -2.46. The van der Waals surface area contributed by atoms with E-state index in [1.165, 1.54) is 24.8 Å². The van der Waals surface area contributed by atoms with Crippen molar-refractivity contribution < 1.29 is 23.9 Å². The molecule has 1 aliphatic carbocycles. The molecular weight excluding hydrogens is 412 g/mol. The van der Waals surface area contributed by atoms with Crippen molar-refractivity contribution >= 4 is 11.6 Å². The molecular formula is C24H26N2O6. The third kappa shape index (κ3) is 3.16. The number of hydrogen-bond donors (Lipinski definition) is 0. The van der Waals surface area contributed by atoms with Gasteiger partial charge in [-0.05, 0) is 55.2 Å². The molecule has 1 saturated carbocycles. The van der Waals surface area contributed by atoms with Crippen LogP contribution in [-0.4, -0.2) is 42.6 Å². The molecule has 0 N–H and O–H groups in total. The van der Waals surface area contributed by atoms with Gasteiger partial charge in [0.15, 0.2) is 17.2 Å². The quantitative estimate of drug-likeness (QED) is 0.521. The molecule has 2 aromatic carbocycles. The first-order chi connectivity index (χ1) is 15.4. The summed E-state index contributed by atoms with van der Waals surface area (Å²) < 4.78 is 16.8. The first kappa shape index (κ1) is 20.6. The summed E-state index contributed by atoms with van der Waals surface area (Å²) in [4.78, 5) is 26.4. The Morgan fingerprint density at radius 3 is 2.50 bits per heavy atom. The van der Waals surface area contributed by atoms with Gasteiger partial charge in [0, 0.05) is 23.6 Å². The summed E-state index contributed by atoms with van der Waals surface area (Å²) in [6.45, 7) is 3.63. The van der Waals surface area contributed by atoms with Crippen molar-refractivity contribution in [3.8, 4) is 17.2 Å². The predicted molar refractivity (Wildman–Crippen MR) is 117 cm³/mol. The van der Waals surface area contributed by atoms with Crippen LogP contribution in [0.4, 0.5) is 5.69 Å². The molecule has 2 heterocycles. The first-order valence-corrected chi connectivity index (χ1v) is 11.0. The van der Waals surface area contributed by atoms with Gasteiger partial charge in [-0.3, -0.25) is 14.9 Å². The SMILES string of the molecule is COc1ccc(C(=O)N2CC3(CCCC3)c3cc4c(cc3[C@@H]2C)OCCO4)cc1[N+](=O)[O-]. The number of methoxy groups -OCH3 is 1. The summed E-state index contributed by atoms with van der Waals surface area (Å²) >= 11 is 0. The number of benzene rings is 2. The second kappa shape index (κ2) is 7.69. The molecule has 0 aromatic heterocycles. The second-order valence-corrected chi connectivity index (χ2v) is 8.82. The molecule has 8 heteroatoms. The molecule has 2 aromatic rings. The van der Waals surface area contributed by atoms with Crippen LogP contribution in [0.2, 0.25) is 0 Å². The van der Waals surface area contributed by atoms with Crippen molar-refractivity contribution in [1.29, 1.82) is 0 Å². The van der Waals surface area contributed by atoms with Gasteiger partial charge in [0.2, 0.25) is 0 Å². The van der Waals surface area contributed by atoms with Crippen LogP contribution in [0.1, 0.15) is 60.1 Å². The maximum Gasteiger partial charge on any atom is 0.311 e. The molecule has 0 bridgehead atoms. The van der Waals surface area contributed by atoms with E-state index in [2.05, 4.69) is 6.07 Å². The predicted octanol–water partition coefficient (Wildman–Crippen LogP) is 4.40. The summed E-state index contributed by atoms with van der Waals surface area (Å²) in [6.07, 6.45) is 4.22. The van der Waals surface area contributed by atoms with E-state index in [1.54, 1.807) is 6.07 Å². The van der Waals surface area contributed by atoms with E-state index < -0.39 is 4.92 Å². The molecule has 168 valence electrons. The van der Waals surface area contributed by atoms with Crippen molar-refractivity contribution in [2.24, 2.45) is 0 Å². The average Bonchev–Trinajstić information content (AvgIpc) is 3.29. The minimum absolute atomic E-state index is 0.133. The zero-order valence-corrected chi connectivity index (χ0v) is 18.3. The number of amides is 1. The maximum atomic E-state index is 13.6. The van der Waals surface area contributed by atoms with Gasteiger partial charge in [0.1, 0.15) is 13.2 Å². The van der Waals surface area contributed by atoms with Crippen molar-refractivity contribution in [3.05, 3.63) is 57.1 Å². The van der Waals surface area contributed by atoms with Gasteiger partial charge in [0.05, 0.1) is 18.1 Å². The molecule has 1 spiro atoms. The van der Waals surface area contributed by atoms with E-state index in [0.717, 1.165) is 37.0 Å². The van der Waals surface area contributed by atoms with Gasteiger partial charge < -0.3 is 19.1 Å². The van der Waals surface area contributed by atoms with Gasteiger partial charge in [0.25, 0.3) is 5.91 Å². The fourth-order valence-electron chi connectivity index (χ4n) is 5.48. The molecule has 1 atom stereocenters.